The summed E-state index contributed by atoms with van der Waals surface area (Å²) in [6.07, 6.45) is 0. The maximum absolute atomic E-state index is 5.45. The Hall–Kier alpha value is -1.46. The first kappa shape index (κ1) is 12.0. The summed E-state index contributed by atoms with van der Waals surface area (Å²) in [6, 6.07) is 8.11. The van der Waals surface area contributed by atoms with Gasteiger partial charge in [0.05, 0.1) is 12.3 Å². The average molecular weight is 249 g/mol. The lowest BCUT2D eigenvalue weighted by Crippen LogP contribution is -2.13. The van der Waals surface area contributed by atoms with Gasteiger partial charge in [-0.1, -0.05) is 16.6 Å². The zero-order valence-corrected chi connectivity index (χ0v) is 10.5. The number of hydrogen-bond donors (Lipinski definition) is 1. The summed E-state index contributed by atoms with van der Waals surface area (Å²) in [4.78, 5) is 0. The van der Waals surface area contributed by atoms with Crippen molar-refractivity contribution in [1.82, 2.24) is 14.9 Å². The first-order chi connectivity index (χ1) is 8.38. The fourth-order valence-corrected chi connectivity index (χ4v) is 1.96. The summed E-state index contributed by atoms with van der Waals surface area (Å²) < 4.78 is 9.27. The molecule has 0 atom stereocenters. The number of rotatable bonds is 6. The highest BCUT2D eigenvalue weighted by atomic mass is 32.1. The van der Waals surface area contributed by atoms with Gasteiger partial charge in [-0.05, 0) is 36.2 Å². The summed E-state index contributed by atoms with van der Waals surface area (Å²) in [5.41, 5.74) is 2.19. The molecule has 2 aromatic rings. The van der Waals surface area contributed by atoms with Gasteiger partial charge in [0, 0.05) is 18.5 Å². The molecule has 1 aromatic carbocycles. The lowest BCUT2D eigenvalue weighted by Gasteiger charge is -2.06. The van der Waals surface area contributed by atoms with Gasteiger partial charge in [0.1, 0.15) is 5.75 Å². The fraction of sp³-hybridized carbons (Fsp3) is 0.333. The van der Waals surface area contributed by atoms with E-state index < -0.39 is 0 Å². The van der Waals surface area contributed by atoms with Crippen LogP contribution in [-0.4, -0.2) is 16.2 Å². The van der Waals surface area contributed by atoms with Gasteiger partial charge in [-0.3, -0.25) is 0 Å². The second kappa shape index (κ2) is 6.32. The Morgan fingerprint density at radius 2 is 2.29 bits per heavy atom. The van der Waals surface area contributed by atoms with Crippen molar-refractivity contribution in [3.05, 3.63) is 40.9 Å². The summed E-state index contributed by atoms with van der Waals surface area (Å²) in [5, 5.41) is 9.25. The van der Waals surface area contributed by atoms with Gasteiger partial charge in [-0.15, -0.1) is 5.10 Å². The number of hydrogen-bond acceptors (Lipinski definition) is 5. The summed E-state index contributed by atoms with van der Waals surface area (Å²) in [7, 11) is 0. The molecule has 1 N–H and O–H groups in total. The van der Waals surface area contributed by atoms with E-state index in [0.717, 1.165) is 24.5 Å². The van der Waals surface area contributed by atoms with Crippen molar-refractivity contribution in [2.24, 2.45) is 0 Å². The van der Waals surface area contributed by atoms with E-state index in [2.05, 4.69) is 27.0 Å². The van der Waals surface area contributed by atoms with Gasteiger partial charge in [0.25, 0.3) is 0 Å². The standard InChI is InChI=1S/C12H15N3OS/c1-2-16-12-5-3-4-10(6-12)7-13-8-11-9-17-15-14-11/h3-6,9,13H,2,7-8H2,1H3. The first-order valence-electron chi connectivity index (χ1n) is 5.57. The van der Waals surface area contributed by atoms with Gasteiger partial charge >= 0.3 is 0 Å². The molecule has 0 aliphatic heterocycles. The van der Waals surface area contributed by atoms with E-state index >= 15 is 0 Å². The molecule has 1 aromatic heterocycles. The number of ether oxygens (including phenoxy) is 1. The molecule has 0 saturated carbocycles. The number of aromatic nitrogens is 2. The molecule has 90 valence electrons. The van der Waals surface area contributed by atoms with Crippen LogP contribution < -0.4 is 10.1 Å². The minimum absolute atomic E-state index is 0.696. The highest BCUT2D eigenvalue weighted by molar-refractivity contribution is 7.03. The van der Waals surface area contributed by atoms with Gasteiger partial charge in [-0.2, -0.15) is 0 Å². The second-order valence-corrected chi connectivity index (χ2v) is 4.19. The third-order valence-electron chi connectivity index (χ3n) is 2.25. The third-order valence-corrected chi connectivity index (χ3v) is 2.80. The maximum atomic E-state index is 5.45. The van der Waals surface area contributed by atoms with Crippen molar-refractivity contribution in [3.8, 4) is 5.75 Å². The Morgan fingerprint density at radius 1 is 1.35 bits per heavy atom. The first-order valence-corrected chi connectivity index (χ1v) is 6.40. The third kappa shape index (κ3) is 3.80. The Bertz CT molecular complexity index is 445. The number of benzene rings is 1. The molecule has 0 saturated heterocycles. The molecular weight excluding hydrogens is 234 g/mol. The SMILES string of the molecule is CCOc1cccc(CNCc2csnn2)c1. The van der Waals surface area contributed by atoms with Gasteiger partial charge in [-0.25, -0.2) is 0 Å². The summed E-state index contributed by atoms with van der Waals surface area (Å²) in [5.74, 6) is 0.919. The molecule has 0 spiro atoms. The molecule has 17 heavy (non-hydrogen) atoms. The molecule has 0 aliphatic rings. The van der Waals surface area contributed by atoms with Crippen LogP contribution in [0.2, 0.25) is 0 Å². The van der Waals surface area contributed by atoms with Crippen LogP contribution in [0, 0.1) is 0 Å². The molecule has 0 bridgehead atoms. The molecule has 4 nitrogen and oxygen atoms in total. The Kier molecular flexibility index (Phi) is 4.46. The minimum Gasteiger partial charge on any atom is -0.494 e. The minimum atomic E-state index is 0.696. The number of nitrogens with one attached hydrogen (secondary N) is 1. The van der Waals surface area contributed by atoms with Crippen LogP contribution in [0.1, 0.15) is 18.2 Å². The predicted molar refractivity (Wildman–Crippen MR) is 68.1 cm³/mol. The summed E-state index contributed by atoms with van der Waals surface area (Å²) >= 11 is 1.37. The maximum Gasteiger partial charge on any atom is 0.119 e. The summed E-state index contributed by atoms with van der Waals surface area (Å²) in [6.45, 7) is 4.23. The van der Waals surface area contributed by atoms with Crippen LogP contribution in [0.4, 0.5) is 0 Å². The quantitative estimate of drug-likeness (QED) is 0.852. The van der Waals surface area contributed by atoms with Crippen molar-refractivity contribution in [3.63, 3.8) is 0 Å². The molecule has 5 heteroatoms. The van der Waals surface area contributed by atoms with Crippen LogP contribution >= 0.6 is 11.5 Å². The molecule has 1 heterocycles. The Morgan fingerprint density at radius 3 is 3.06 bits per heavy atom. The van der Waals surface area contributed by atoms with Gasteiger partial charge < -0.3 is 10.1 Å². The Labute approximate surface area is 105 Å². The van der Waals surface area contributed by atoms with Crippen LogP contribution in [0.25, 0.3) is 0 Å². The van der Waals surface area contributed by atoms with E-state index in [9.17, 15) is 0 Å². The highest BCUT2D eigenvalue weighted by Gasteiger charge is 1.98. The van der Waals surface area contributed by atoms with E-state index in [4.69, 9.17) is 4.74 Å². The average Bonchev–Trinajstić information content (AvgIpc) is 2.83. The van der Waals surface area contributed by atoms with E-state index in [1.165, 1.54) is 17.1 Å². The molecule has 0 radical (unpaired) electrons. The molecule has 0 fully saturated rings. The smallest absolute Gasteiger partial charge is 0.119 e. The van der Waals surface area contributed by atoms with E-state index in [1.807, 2.05) is 24.4 Å². The van der Waals surface area contributed by atoms with Crippen LogP contribution in [0.3, 0.4) is 0 Å². The second-order valence-electron chi connectivity index (χ2n) is 3.58. The van der Waals surface area contributed by atoms with Gasteiger partial charge in [0.2, 0.25) is 0 Å². The van der Waals surface area contributed by atoms with Crippen LogP contribution in [0.5, 0.6) is 5.75 Å². The van der Waals surface area contributed by atoms with E-state index in [-0.39, 0.29) is 0 Å². The van der Waals surface area contributed by atoms with Crippen molar-refractivity contribution in [1.29, 1.82) is 0 Å². The molecule has 0 aliphatic carbocycles. The fourth-order valence-electron chi connectivity index (χ4n) is 1.51. The Balaban J connectivity index is 1.84. The zero-order chi connectivity index (χ0) is 11.9. The van der Waals surface area contributed by atoms with Crippen molar-refractivity contribution < 1.29 is 4.74 Å². The molecule has 0 amide bonds. The molecule has 2 rings (SSSR count). The van der Waals surface area contributed by atoms with E-state index in [1.54, 1.807) is 0 Å². The largest absolute Gasteiger partial charge is 0.494 e. The number of nitrogens with zero attached hydrogens (tertiary/aromatic N) is 2. The molecular formula is C12H15N3OS. The van der Waals surface area contributed by atoms with Crippen LogP contribution in [-0.2, 0) is 13.1 Å². The lowest BCUT2D eigenvalue weighted by atomic mass is 10.2. The topological polar surface area (TPSA) is 47.0 Å². The monoisotopic (exact) mass is 249 g/mol. The zero-order valence-electron chi connectivity index (χ0n) is 9.72. The molecule has 0 unspecified atom stereocenters. The van der Waals surface area contributed by atoms with E-state index in [0.29, 0.717) is 6.61 Å². The van der Waals surface area contributed by atoms with Crippen LogP contribution in [0.15, 0.2) is 29.6 Å². The van der Waals surface area contributed by atoms with Crippen molar-refractivity contribution in [2.75, 3.05) is 6.61 Å². The van der Waals surface area contributed by atoms with Crippen molar-refractivity contribution >= 4 is 11.5 Å². The lowest BCUT2D eigenvalue weighted by molar-refractivity contribution is 0.340. The highest BCUT2D eigenvalue weighted by Crippen LogP contribution is 2.13. The van der Waals surface area contributed by atoms with Crippen molar-refractivity contribution in [2.45, 2.75) is 20.0 Å². The predicted octanol–water partition coefficient (Wildman–Crippen LogP) is 2.23. The normalized spacial score (nSPS) is 10.4. The van der Waals surface area contributed by atoms with Gasteiger partial charge in [0.15, 0.2) is 0 Å².